The molecule has 0 bridgehead atoms. The van der Waals surface area contributed by atoms with Crippen molar-refractivity contribution in [2.75, 3.05) is 0 Å². The van der Waals surface area contributed by atoms with Crippen LogP contribution in [-0.4, -0.2) is 20.6 Å². The van der Waals surface area contributed by atoms with E-state index >= 15 is 0 Å². The zero-order valence-electron chi connectivity index (χ0n) is 17.9. The van der Waals surface area contributed by atoms with Gasteiger partial charge in [-0.1, -0.05) is 80.8 Å². The summed E-state index contributed by atoms with van der Waals surface area (Å²) in [6, 6.07) is 23.6. The molecule has 4 nitrogen and oxygen atoms in total. The molecule has 0 amide bonds. The second-order valence-corrected chi connectivity index (χ2v) is 7.96. The SMILES string of the molecule is CCCCCCc1nc2ccccc2n1Cc1ccc(-c2ccccc2C(=O)O)cc1. The highest BCUT2D eigenvalue weighted by molar-refractivity contribution is 5.96. The first kappa shape index (κ1) is 20.9. The number of fused-ring (bicyclic) bond motifs is 1. The molecule has 4 rings (SSSR count). The smallest absolute Gasteiger partial charge is 0.336 e. The second kappa shape index (κ2) is 9.61. The highest BCUT2D eigenvalue weighted by Gasteiger charge is 2.13. The maximum Gasteiger partial charge on any atom is 0.336 e. The largest absolute Gasteiger partial charge is 0.478 e. The molecule has 0 saturated heterocycles. The molecule has 1 N–H and O–H groups in total. The van der Waals surface area contributed by atoms with Crippen molar-refractivity contribution < 1.29 is 9.90 Å². The van der Waals surface area contributed by atoms with Gasteiger partial charge in [-0.15, -0.1) is 0 Å². The molecule has 0 saturated carbocycles. The summed E-state index contributed by atoms with van der Waals surface area (Å²) in [5.41, 5.74) is 5.36. The van der Waals surface area contributed by atoms with E-state index in [9.17, 15) is 9.90 Å². The molecule has 0 aliphatic heterocycles. The van der Waals surface area contributed by atoms with Crippen LogP contribution in [0.4, 0.5) is 0 Å². The topological polar surface area (TPSA) is 55.1 Å². The molecule has 0 unspecified atom stereocenters. The Morgan fingerprint density at radius 2 is 1.65 bits per heavy atom. The number of aromatic nitrogens is 2. The number of carboxylic acids is 1. The third kappa shape index (κ3) is 4.69. The molecule has 4 aromatic rings. The first-order valence-electron chi connectivity index (χ1n) is 11.0. The summed E-state index contributed by atoms with van der Waals surface area (Å²) in [7, 11) is 0. The summed E-state index contributed by atoms with van der Waals surface area (Å²) < 4.78 is 2.32. The third-order valence-corrected chi connectivity index (χ3v) is 5.75. The normalized spacial score (nSPS) is 11.1. The molecular weight excluding hydrogens is 384 g/mol. The predicted octanol–water partition coefficient (Wildman–Crippen LogP) is 6.57. The molecular formula is C27H28N2O2. The number of para-hydroxylation sites is 2. The molecule has 31 heavy (non-hydrogen) atoms. The fourth-order valence-corrected chi connectivity index (χ4v) is 4.10. The van der Waals surface area contributed by atoms with Gasteiger partial charge in [-0.3, -0.25) is 0 Å². The van der Waals surface area contributed by atoms with E-state index in [-0.39, 0.29) is 0 Å². The number of carboxylic acid groups (broad SMARTS) is 1. The molecule has 1 heterocycles. The van der Waals surface area contributed by atoms with Crippen LogP contribution < -0.4 is 0 Å². The van der Waals surface area contributed by atoms with Gasteiger partial charge in [0.05, 0.1) is 16.6 Å². The van der Waals surface area contributed by atoms with Gasteiger partial charge in [0, 0.05) is 13.0 Å². The van der Waals surface area contributed by atoms with E-state index in [0.717, 1.165) is 47.4 Å². The molecule has 3 aromatic carbocycles. The van der Waals surface area contributed by atoms with Crippen LogP contribution in [0.2, 0.25) is 0 Å². The van der Waals surface area contributed by atoms with Gasteiger partial charge in [0.1, 0.15) is 5.82 Å². The predicted molar refractivity (Wildman–Crippen MR) is 126 cm³/mol. The lowest BCUT2D eigenvalue weighted by Gasteiger charge is -2.11. The highest BCUT2D eigenvalue weighted by Crippen LogP contribution is 2.25. The third-order valence-electron chi connectivity index (χ3n) is 5.75. The molecule has 0 radical (unpaired) electrons. The summed E-state index contributed by atoms with van der Waals surface area (Å²) in [6.45, 7) is 2.98. The number of rotatable bonds is 9. The number of aromatic carboxylic acids is 1. The van der Waals surface area contributed by atoms with Crippen LogP contribution in [0.25, 0.3) is 22.2 Å². The van der Waals surface area contributed by atoms with Gasteiger partial charge in [-0.05, 0) is 41.3 Å². The minimum absolute atomic E-state index is 0.324. The Bertz CT molecular complexity index is 1180. The average molecular weight is 413 g/mol. The highest BCUT2D eigenvalue weighted by atomic mass is 16.4. The number of imidazole rings is 1. The Kier molecular flexibility index (Phi) is 6.46. The van der Waals surface area contributed by atoms with Gasteiger partial charge in [0.25, 0.3) is 0 Å². The van der Waals surface area contributed by atoms with Crippen molar-refractivity contribution >= 4 is 17.0 Å². The van der Waals surface area contributed by atoms with Crippen molar-refractivity contribution in [2.45, 2.75) is 45.6 Å². The maximum absolute atomic E-state index is 11.6. The van der Waals surface area contributed by atoms with Gasteiger partial charge in [0.2, 0.25) is 0 Å². The fraction of sp³-hybridized carbons (Fsp3) is 0.259. The van der Waals surface area contributed by atoms with Gasteiger partial charge in [-0.2, -0.15) is 0 Å². The summed E-state index contributed by atoms with van der Waals surface area (Å²) >= 11 is 0. The second-order valence-electron chi connectivity index (χ2n) is 7.96. The van der Waals surface area contributed by atoms with Crippen molar-refractivity contribution in [1.82, 2.24) is 9.55 Å². The molecule has 0 aliphatic carbocycles. The lowest BCUT2D eigenvalue weighted by Crippen LogP contribution is -2.05. The van der Waals surface area contributed by atoms with Crippen LogP contribution in [0.1, 0.15) is 54.4 Å². The van der Waals surface area contributed by atoms with E-state index in [1.807, 2.05) is 30.3 Å². The van der Waals surface area contributed by atoms with Crippen LogP contribution in [0.3, 0.4) is 0 Å². The van der Waals surface area contributed by atoms with Crippen molar-refractivity contribution in [3.63, 3.8) is 0 Å². The Labute approximate surface area is 183 Å². The van der Waals surface area contributed by atoms with Crippen molar-refractivity contribution in [2.24, 2.45) is 0 Å². The van der Waals surface area contributed by atoms with Gasteiger partial charge < -0.3 is 9.67 Å². The summed E-state index contributed by atoms with van der Waals surface area (Å²) in [4.78, 5) is 16.5. The van der Waals surface area contributed by atoms with Gasteiger partial charge in [0.15, 0.2) is 0 Å². The molecule has 0 spiro atoms. The number of aryl methyl sites for hydroxylation is 1. The summed E-state index contributed by atoms with van der Waals surface area (Å²) in [5, 5.41) is 9.48. The van der Waals surface area contributed by atoms with Crippen LogP contribution >= 0.6 is 0 Å². The quantitative estimate of drug-likeness (QED) is 0.316. The monoisotopic (exact) mass is 412 g/mol. The van der Waals surface area contributed by atoms with E-state index in [1.165, 1.54) is 24.8 Å². The Balaban J connectivity index is 1.60. The Morgan fingerprint density at radius 1 is 0.903 bits per heavy atom. The Morgan fingerprint density at radius 3 is 2.42 bits per heavy atom. The van der Waals surface area contributed by atoms with Crippen LogP contribution in [-0.2, 0) is 13.0 Å². The molecule has 0 atom stereocenters. The van der Waals surface area contributed by atoms with Gasteiger partial charge in [-0.25, -0.2) is 9.78 Å². The standard InChI is InChI=1S/C27H28N2O2/c1-2-3-4-5-14-26-28-24-12-8-9-13-25(24)29(26)19-20-15-17-21(18-16-20)22-10-6-7-11-23(22)27(30)31/h6-13,15-18H,2-5,14,19H2,1H3,(H,30,31). The van der Waals surface area contributed by atoms with Crippen LogP contribution in [0, 0.1) is 0 Å². The zero-order chi connectivity index (χ0) is 21.6. The number of benzene rings is 3. The van der Waals surface area contributed by atoms with Crippen LogP contribution in [0.5, 0.6) is 0 Å². The number of hydrogen-bond acceptors (Lipinski definition) is 2. The summed E-state index contributed by atoms with van der Waals surface area (Å²) in [6.07, 6.45) is 5.87. The Hall–Kier alpha value is -3.40. The van der Waals surface area contributed by atoms with E-state index in [0.29, 0.717) is 5.56 Å². The molecule has 0 aliphatic rings. The fourth-order valence-electron chi connectivity index (χ4n) is 4.10. The van der Waals surface area contributed by atoms with E-state index in [2.05, 4.69) is 41.8 Å². The number of unbranched alkanes of at least 4 members (excludes halogenated alkanes) is 3. The average Bonchev–Trinajstić information content (AvgIpc) is 3.14. The van der Waals surface area contributed by atoms with Crippen molar-refractivity contribution in [1.29, 1.82) is 0 Å². The minimum atomic E-state index is -0.905. The summed E-state index contributed by atoms with van der Waals surface area (Å²) in [5.74, 6) is 0.231. The molecule has 4 heteroatoms. The van der Waals surface area contributed by atoms with E-state index in [1.54, 1.807) is 12.1 Å². The molecule has 0 fully saturated rings. The number of hydrogen-bond donors (Lipinski definition) is 1. The lowest BCUT2D eigenvalue weighted by molar-refractivity contribution is 0.0697. The van der Waals surface area contributed by atoms with Crippen LogP contribution in [0.15, 0.2) is 72.8 Å². The number of carbonyl (C=O) groups is 1. The van der Waals surface area contributed by atoms with Crippen molar-refractivity contribution in [3.8, 4) is 11.1 Å². The minimum Gasteiger partial charge on any atom is -0.478 e. The lowest BCUT2D eigenvalue weighted by atomic mass is 9.99. The number of nitrogens with zero attached hydrogens (tertiary/aromatic N) is 2. The zero-order valence-corrected chi connectivity index (χ0v) is 17.9. The van der Waals surface area contributed by atoms with E-state index in [4.69, 9.17) is 4.98 Å². The first-order chi connectivity index (χ1) is 15.2. The van der Waals surface area contributed by atoms with E-state index < -0.39 is 5.97 Å². The first-order valence-corrected chi connectivity index (χ1v) is 11.0. The molecule has 1 aromatic heterocycles. The van der Waals surface area contributed by atoms with Gasteiger partial charge >= 0.3 is 5.97 Å². The maximum atomic E-state index is 11.6. The van der Waals surface area contributed by atoms with Crippen molar-refractivity contribution in [3.05, 3.63) is 89.7 Å². The molecule has 158 valence electrons.